The molecular weight excluding hydrogens is 348 g/mol. The number of ketones is 1. The molecule has 0 aromatic heterocycles. The molecule has 0 spiro atoms. The van der Waals surface area contributed by atoms with E-state index in [1.54, 1.807) is 22.6 Å². The van der Waals surface area contributed by atoms with E-state index in [2.05, 4.69) is 0 Å². The first-order valence-electron chi connectivity index (χ1n) is 4.03. The molecule has 0 radical (unpaired) electrons. The van der Waals surface area contributed by atoms with Gasteiger partial charge in [0, 0.05) is 15.2 Å². The van der Waals surface area contributed by atoms with Crippen molar-refractivity contribution in [1.29, 1.82) is 0 Å². The van der Waals surface area contributed by atoms with Crippen LogP contribution in [-0.4, -0.2) is 22.9 Å². The molecule has 0 saturated carbocycles. The Morgan fingerprint density at radius 1 is 1.56 bits per heavy atom. The Balaban J connectivity index is 3.48. The van der Waals surface area contributed by atoms with Gasteiger partial charge in [0.1, 0.15) is 0 Å². The van der Waals surface area contributed by atoms with Crippen LogP contribution in [0.15, 0.2) is 12.1 Å². The van der Waals surface area contributed by atoms with Gasteiger partial charge in [-0.25, -0.2) is 0 Å². The quantitative estimate of drug-likeness (QED) is 0.208. The Bertz CT molecular complexity index is 475. The van der Waals surface area contributed by atoms with Gasteiger partial charge in [0.15, 0.2) is 12.1 Å². The second-order valence-corrected chi connectivity index (χ2v) is 4.25. The summed E-state index contributed by atoms with van der Waals surface area (Å²) in [5, 5.41) is 10.7. The minimum absolute atomic E-state index is 0.137. The van der Waals surface area contributed by atoms with Crippen molar-refractivity contribution in [1.82, 2.24) is 0 Å². The summed E-state index contributed by atoms with van der Waals surface area (Å²) in [5.41, 5.74) is -0.233. The van der Waals surface area contributed by atoms with Crippen LogP contribution in [0.1, 0.15) is 20.7 Å². The third-order valence-corrected chi connectivity index (χ3v) is 3.04. The second kappa shape index (κ2) is 5.35. The predicted octanol–water partition coefficient (Wildman–Crippen LogP) is 2.43. The van der Waals surface area contributed by atoms with Crippen LogP contribution in [0.4, 0.5) is 5.69 Å². The number of rotatable bonds is 4. The lowest BCUT2D eigenvalue weighted by atomic mass is 10.1. The summed E-state index contributed by atoms with van der Waals surface area (Å²) in [6, 6.07) is 2.38. The Morgan fingerprint density at radius 3 is 2.62 bits per heavy atom. The first kappa shape index (κ1) is 13.0. The average molecular weight is 353 g/mol. The maximum absolute atomic E-state index is 11.4. The molecule has 0 aliphatic heterocycles. The van der Waals surface area contributed by atoms with Crippen LogP contribution in [-0.2, 0) is 0 Å². The normalized spacial score (nSPS) is 9.88. The van der Waals surface area contributed by atoms with Crippen LogP contribution in [0.5, 0.6) is 0 Å². The van der Waals surface area contributed by atoms with E-state index in [9.17, 15) is 19.7 Å². The summed E-state index contributed by atoms with van der Waals surface area (Å²) < 4.78 is 0.422. The van der Waals surface area contributed by atoms with E-state index in [4.69, 9.17) is 11.6 Å². The largest absolute Gasteiger partial charge is 0.298 e. The zero-order chi connectivity index (χ0) is 12.3. The topological polar surface area (TPSA) is 77.3 Å². The molecule has 0 atom stereocenters. The molecule has 1 rings (SSSR count). The third kappa shape index (κ3) is 2.56. The number of Topliss-reactive ketones (excluding diaryl/α,β-unsaturated/α-hetero) is 1. The fourth-order valence-electron chi connectivity index (χ4n) is 1.12. The summed E-state index contributed by atoms with van der Waals surface area (Å²) >= 11 is 7.13. The lowest BCUT2D eigenvalue weighted by molar-refractivity contribution is -0.385. The zero-order valence-electron chi connectivity index (χ0n) is 7.78. The standard InChI is InChI=1S/C9H5ClINO4/c10-3-9(14)6-1-5(4-13)7(11)2-8(6)12(15)16/h1-2,4H,3H2. The van der Waals surface area contributed by atoms with Gasteiger partial charge in [-0.2, -0.15) is 0 Å². The Morgan fingerprint density at radius 2 is 2.19 bits per heavy atom. The monoisotopic (exact) mass is 353 g/mol. The molecule has 0 bridgehead atoms. The minimum Gasteiger partial charge on any atom is -0.298 e. The lowest BCUT2D eigenvalue weighted by Crippen LogP contribution is -2.07. The number of halogens is 2. The number of aldehydes is 1. The van der Waals surface area contributed by atoms with Crippen molar-refractivity contribution in [2.45, 2.75) is 0 Å². The first-order valence-corrected chi connectivity index (χ1v) is 5.65. The number of hydrogen-bond acceptors (Lipinski definition) is 4. The summed E-state index contributed by atoms with van der Waals surface area (Å²) in [7, 11) is 0. The molecule has 0 N–H and O–H groups in total. The van der Waals surface area contributed by atoms with Gasteiger partial charge < -0.3 is 0 Å². The smallest absolute Gasteiger partial charge is 0.281 e. The number of carbonyl (C=O) groups excluding carboxylic acids is 2. The van der Waals surface area contributed by atoms with Crippen LogP contribution in [0, 0.1) is 13.7 Å². The van der Waals surface area contributed by atoms with Crippen molar-refractivity contribution in [3.63, 3.8) is 0 Å². The Kier molecular flexibility index (Phi) is 4.36. The van der Waals surface area contributed by atoms with Crippen LogP contribution in [0.25, 0.3) is 0 Å². The average Bonchev–Trinajstić information content (AvgIpc) is 2.27. The van der Waals surface area contributed by atoms with Gasteiger partial charge in [-0.3, -0.25) is 19.7 Å². The molecule has 0 fully saturated rings. The van der Waals surface area contributed by atoms with Gasteiger partial charge >= 0.3 is 0 Å². The van der Waals surface area contributed by atoms with Crippen molar-refractivity contribution in [2.75, 3.05) is 5.88 Å². The number of benzene rings is 1. The van der Waals surface area contributed by atoms with Crippen LogP contribution < -0.4 is 0 Å². The summed E-state index contributed by atoms with van der Waals surface area (Å²) in [6.07, 6.45) is 0.538. The number of hydrogen-bond donors (Lipinski definition) is 0. The highest BCUT2D eigenvalue weighted by Crippen LogP contribution is 2.25. The van der Waals surface area contributed by atoms with Gasteiger partial charge in [-0.1, -0.05) is 0 Å². The van der Waals surface area contributed by atoms with Crippen LogP contribution in [0.2, 0.25) is 0 Å². The third-order valence-electron chi connectivity index (χ3n) is 1.86. The number of carbonyl (C=O) groups is 2. The number of nitrogens with zero attached hydrogens (tertiary/aromatic N) is 1. The van der Waals surface area contributed by atoms with Crippen molar-refractivity contribution in [3.05, 3.63) is 36.9 Å². The maximum atomic E-state index is 11.4. The molecular formula is C9H5ClINO4. The molecule has 0 heterocycles. The zero-order valence-corrected chi connectivity index (χ0v) is 10.7. The van der Waals surface area contributed by atoms with Crippen molar-refractivity contribution in [2.24, 2.45) is 0 Å². The molecule has 7 heteroatoms. The SMILES string of the molecule is O=Cc1cc(C(=O)CCl)c([N+](=O)[O-])cc1I. The molecule has 84 valence electrons. The van der Waals surface area contributed by atoms with Gasteiger partial charge in [-0.05, 0) is 28.7 Å². The molecule has 0 saturated heterocycles. The number of alkyl halides is 1. The van der Waals surface area contributed by atoms with E-state index in [0.29, 0.717) is 9.86 Å². The maximum Gasteiger partial charge on any atom is 0.281 e. The van der Waals surface area contributed by atoms with E-state index in [-0.39, 0.29) is 22.7 Å². The molecule has 1 aromatic rings. The minimum atomic E-state index is -0.670. The van der Waals surface area contributed by atoms with E-state index >= 15 is 0 Å². The molecule has 0 aliphatic rings. The first-order chi connectivity index (χ1) is 7.51. The van der Waals surface area contributed by atoms with Crippen LogP contribution in [0.3, 0.4) is 0 Å². The Hall–Kier alpha value is -1.02. The molecule has 16 heavy (non-hydrogen) atoms. The molecule has 5 nitrogen and oxygen atoms in total. The van der Waals surface area contributed by atoms with Crippen molar-refractivity contribution >= 4 is 51.9 Å². The van der Waals surface area contributed by atoms with Gasteiger partial charge in [0.2, 0.25) is 0 Å². The molecule has 0 aliphatic carbocycles. The van der Waals surface area contributed by atoms with Gasteiger partial charge in [-0.15, -0.1) is 11.6 Å². The number of nitro groups is 1. The second-order valence-electron chi connectivity index (χ2n) is 2.82. The molecule has 1 aromatic carbocycles. The summed E-state index contributed by atoms with van der Waals surface area (Å²) in [5.74, 6) is -0.937. The highest BCUT2D eigenvalue weighted by Gasteiger charge is 2.21. The fraction of sp³-hybridized carbons (Fsp3) is 0.111. The van der Waals surface area contributed by atoms with Gasteiger partial charge in [0.25, 0.3) is 5.69 Å². The van der Waals surface area contributed by atoms with Crippen molar-refractivity contribution in [3.8, 4) is 0 Å². The van der Waals surface area contributed by atoms with E-state index in [1.165, 1.54) is 12.1 Å². The Labute approximate surface area is 109 Å². The molecule has 0 unspecified atom stereocenters. The highest BCUT2D eigenvalue weighted by molar-refractivity contribution is 14.1. The summed E-state index contributed by atoms with van der Waals surface area (Å²) in [4.78, 5) is 32.1. The lowest BCUT2D eigenvalue weighted by Gasteiger charge is -2.03. The fourth-order valence-corrected chi connectivity index (χ4v) is 1.84. The highest BCUT2D eigenvalue weighted by atomic mass is 127. The van der Waals surface area contributed by atoms with E-state index < -0.39 is 10.7 Å². The molecule has 0 amide bonds. The van der Waals surface area contributed by atoms with E-state index in [1.807, 2.05) is 0 Å². The van der Waals surface area contributed by atoms with Crippen LogP contribution >= 0.6 is 34.2 Å². The van der Waals surface area contributed by atoms with Gasteiger partial charge in [0.05, 0.1) is 16.4 Å². The predicted molar refractivity (Wildman–Crippen MR) is 66.3 cm³/mol. The van der Waals surface area contributed by atoms with E-state index in [0.717, 1.165) is 0 Å². The van der Waals surface area contributed by atoms with Crippen molar-refractivity contribution < 1.29 is 14.5 Å². The summed E-state index contributed by atoms with van der Waals surface area (Å²) in [6.45, 7) is 0. The number of nitro benzene ring substituents is 1.